The maximum Gasteiger partial charge on any atom is 0.255 e. The van der Waals surface area contributed by atoms with Crippen LogP contribution in [0, 0.1) is 0 Å². The summed E-state index contributed by atoms with van der Waals surface area (Å²) in [5.74, 6) is -0.0412. The zero-order valence-electron chi connectivity index (χ0n) is 10.2. The van der Waals surface area contributed by atoms with Crippen LogP contribution in [0.1, 0.15) is 36.0 Å². The van der Waals surface area contributed by atoms with E-state index in [1.54, 1.807) is 6.07 Å². The molecule has 1 aliphatic carbocycles. The number of halogens is 1. The van der Waals surface area contributed by atoms with Crippen molar-refractivity contribution >= 4 is 21.8 Å². The monoisotopic (exact) mass is 312 g/mol. The number of rotatable bonds is 3. The molecule has 4 nitrogen and oxygen atoms in total. The van der Waals surface area contributed by atoms with Crippen molar-refractivity contribution < 1.29 is 9.21 Å². The molecule has 0 aromatic carbocycles. The van der Waals surface area contributed by atoms with E-state index in [1.165, 1.54) is 19.1 Å². The molecule has 0 radical (unpaired) electrons. The SMILES string of the molecule is O=C(NC1CCN(C2CC2)CC1)c1ccoc1Br. The van der Waals surface area contributed by atoms with E-state index < -0.39 is 0 Å². The van der Waals surface area contributed by atoms with Gasteiger partial charge in [-0.05, 0) is 47.7 Å². The van der Waals surface area contributed by atoms with E-state index in [4.69, 9.17) is 4.42 Å². The summed E-state index contributed by atoms with van der Waals surface area (Å²) >= 11 is 3.23. The molecule has 1 aromatic rings. The normalized spacial score (nSPS) is 22.1. The molecule has 1 aromatic heterocycles. The van der Waals surface area contributed by atoms with Crippen molar-refractivity contribution in [1.29, 1.82) is 0 Å². The molecule has 1 amide bonds. The number of likely N-dealkylation sites (tertiary alicyclic amines) is 1. The van der Waals surface area contributed by atoms with Crippen molar-refractivity contribution in [3.05, 3.63) is 22.6 Å². The lowest BCUT2D eigenvalue weighted by Gasteiger charge is -2.32. The average molecular weight is 313 g/mol. The number of hydrogen-bond acceptors (Lipinski definition) is 3. The molecule has 3 rings (SSSR count). The van der Waals surface area contributed by atoms with Gasteiger partial charge in [-0.3, -0.25) is 4.79 Å². The van der Waals surface area contributed by atoms with E-state index >= 15 is 0 Å². The second-order valence-electron chi connectivity index (χ2n) is 5.12. The van der Waals surface area contributed by atoms with Gasteiger partial charge < -0.3 is 14.6 Å². The van der Waals surface area contributed by atoms with E-state index in [0.29, 0.717) is 16.3 Å². The van der Waals surface area contributed by atoms with Crippen LogP contribution >= 0.6 is 15.9 Å². The fraction of sp³-hybridized carbons (Fsp3) is 0.615. The van der Waals surface area contributed by atoms with Gasteiger partial charge in [0.2, 0.25) is 0 Å². The van der Waals surface area contributed by atoms with Gasteiger partial charge in [0, 0.05) is 25.2 Å². The lowest BCUT2D eigenvalue weighted by molar-refractivity contribution is 0.0907. The molecule has 2 fully saturated rings. The maximum absolute atomic E-state index is 12.0. The number of nitrogens with zero attached hydrogens (tertiary/aromatic N) is 1. The van der Waals surface area contributed by atoms with Crippen LogP contribution in [0.2, 0.25) is 0 Å². The summed E-state index contributed by atoms with van der Waals surface area (Å²) in [7, 11) is 0. The van der Waals surface area contributed by atoms with Gasteiger partial charge in [-0.15, -0.1) is 0 Å². The lowest BCUT2D eigenvalue weighted by Crippen LogP contribution is -2.45. The number of furan rings is 1. The highest BCUT2D eigenvalue weighted by atomic mass is 79.9. The van der Waals surface area contributed by atoms with Crippen molar-refractivity contribution in [2.75, 3.05) is 13.1 Å². The molecule has 2 aliphatic rings. The van der Waals surface area contributed by atoms with E-state index in [0.717, 1.165) is 32.0 Å². The van der Waals surface area contributed by atoms with Gasteiger partial charge in [0.25, 0.3) is 5.91 Å². The van der Waals surface area contributed by atoms with Crippen molar-refractivity contribution in [2.24, 2.45) is 0 Å². The van der Waals surface area contributed by atoms with Crippen LogP contribution in [-0.2, 0) is 0 Å². The van der Waals surface area contributed by atoms with Gasteiger partial charge in [-0.1, -0.05) is 0 Å². The van der Waals surface area contributed by atoms with E-state index in [2.05, 4.69) is 26.1 Å². The third-order valence-corrected chi connectivity index (χ3v) is 4.40. The fourth-order valence-corrected chi connectivity index (χ4v) is 2.99. The summed E-state index contributed by atoms with van der Waals surface area (Å²) in [5, 5.41) is 3.09. The first-order valence-electron chi connectivity index (χ1n) is 6.52. The van der Waals surface area contributed by atoms with Gasteiger partial charge >= 0.3 is 0 Å². The Balaban J connectivity index is 1.51. The minimum absolute atomic E-state index is 0.0412. The van der Waals surface area contributed by atoms with Crippen molar-refractivity contribution in [2.45, 2.75) is 37.8 Å². The topological polar surface area (TPSA) is 45.5 Å². The van der Waals surface area contributed by atoms with Crippen LogP contribution in [0.15, 0.2) is 21.4 Å². The largest absolute Gasteiger partial charge is 0.457 e. The third-order valence-electron chi connectivity index (χ3n) is 3.79. The van der Waals surface area contributed by atoms with Crippen LogP contribution in [0.3, 0.4) is 0 Å². The number of carbonyl (C=O) groups is 1. The summed E-state index contributed by atoms with van der Waals surface area (Å²) in [6.45, 7) is 2.23. The van der Waals surface area contributed by atoms with Crippen molar-refractivity contribution in [3.8, 4) is 0 Å². The Kier molecular flexibility index (Phi) is 3.43. The Labute approximate surface area is 115 Å². The molecule has 1 saturated heterocycles. The molecule has 0 spiro atoms. The Morgan fingerprint density at radius 2 is 2.06 bits per heavy atom. The average Bonchev–Trinajstić information content (AvgIpc) is 3.12. The van der Waals surface area contributed by atoms with Gasteiger partial charge in [0.05, 0.1) is 11.8 Å². The molecule has 0 unspecified atom stereocenters. The van der Waals surface area contributed by atoms with Crippen molar-refractivity contribution in [1.82, 2.24) is 10.2 Å². The first-order valence-corrected chi connectivity index (χ1v) is 7.31. The number of carbonyl (C=O) groups excluding carboxylic acids is 1. The van der Waals surface area contributed by atoms with E-state index in [9.17, 15) is 4.79 Å². The van der Waals surface area contributed by atoms with Crippen LogP contribution in [-0.4, -0.2) is 36.0 Å². The van der Waals surface area contributed by atoms with Crippen LogP contribution in [0.25, 0.3) is 0 Å². The molecule has 1 N–H and O–H groups in total. The molecule has 0 atom stereocenters. The summed E-state index contributed by atoms with van der Waals surface area (Å²) < 4.78 is 5.59. The predicted molar refractivity (Wildman–Crippen MR) is 71.5 cm³/mol. The lowest BCUT2D eigenvalue weighted by atomic mass is 10.0. The van der Waals surface area contributed by atoms with Gasteiger partial charge in [-0.25, -0.2) is 0 Å². The molecule has 1 saturated carbocycles. The molecule has 5 heteroatoms. The smallest absolute Gasteiger partial charge is 0.255 e. The third kappa shape index (κ3) is 2.62. The van der Waals surface area contributed by atoms with Gasteiger partial charge in [-0.2, -0.15) is 0 Å². The van der Waals surface area contributed by atoms with Gasteiger partial charge in [0.15, 0.2) is 4.67 Å². The van der Waals surface area contributed by atoms with E-state index in [1.807, 2.05) is 0 Å². The van der Waals surface area contributed by atoms with Crippen molar-refractivity contribution in [3.63, 3.8) is 0 Å². The minimum atomic E-state index is -0.0412. The number of hydrogen-bond donors (Lipinski definition) is 1. The quantitative estimate of drug-likeness (QED) is 0.932. The Hall–Kier alpha value is -0.810. The molecular formula is C13H17BrN2O2. The standard InChI is InChI=1S/C13H17BrN2O2/c14-12-11(5-8-18-12)13(17)15-9-3-6-16(7-4-9)10-1-2-10/h5,8-10H,1-4,6-7H2,(H,15,17). The van der Waals surface area contributed by atoms with Crippen LogP contribution in [0.5, 0.6) is 0 Å². The first kappa shape index (κ1) is 12.2. The molecule has 18 heavy (non-hydrogen) atoms. The molecule has 98 valence electrons. The first-order chi connectivity index (χ1) is 8.74. The highest BCUT2D eigenvalue weighted by Gasteiger charge is 2.32. The van der Waals surface area contributed by atoms with E-state index in [-0.39, 0.29) is 5.91 Å². The maximum atomic E-state index is 12.0. The number of amides is 1. The molecule has 2 heterocycles. The summed E-state index contributed by atoms with van der Waals surface area (Å²) in [6.07, 6.45) is 6.35. The summed E-state index contributed by atoms with van der Waals surface area (Å²) in [5.41, 5.74) is 0.583. The fourth-order valence-electron chi connectivity index (χ4n) is 2.57. The molecule has 1 aliphatic heterocycles. The summed E-state index contributed by atoms with van der Waals surface area (Å²) in [6, 6.07) is 2.83. The second-order valence-corrected chi connectivity index (χ2v) is 5.84. The zero-order valence-corrected chi connectivity index (χ0v) is 11.8. The highest BCUT2D eigenvalue weighted by Crippen LogP contribution is 2.29. The van der Waals surface area contributed by atoms with Crippen LogP contribution in [0.4, 0.5) is 0 Å². The predicted octanol–water partition coefficient (Wildman–Crippen LogP) is 2.40. The Bertz CT molecular complexity index is 434. The molecular weight excluding hydrogens is 296 g/mol. The minimum Gasteiger partial charge on any atom is -0.457 e. The summed E-state index contributed by atoms with van der Waals surface area (Å²) in [4.78, 5) is 14.6. The Morgan fingerprint density at radius 3 is 2.61 bits per heavy atom. The second kappa shape index (κ2) is 5.05. The van der Waals surface area contributed by atoms with Crippen LogP contribution < -0.4 is 5.32 Å². The highest BCUT2D eigenvalue weighted by molar-refractivity contribution is 9.10. The van der Waals surface area contributed by atoms with Gasteiger partial charge in [0.1, 0.15) is 0 Å². The zero-order chi connectivity index (χ0) is 12.5. The Morgan fingerprint density at radius 1 is 1.33 bits per heavy atom. The molecule has 0 bridgehead atoms. The number of piperidine rings is 1. The number of nitrogens with one attached hydrogen (secondary N) is 1.